The molecule has 6 rings (SSSR count). The number of aromatic nitrogens is 2. The van der Waals surface area contributed by atoms with Crippen molar-refractivity contribution < 1.29 is 19.1 Å². The molecule has 3 aliphatic rings. The van der Waals surface area contributed by atoms with Gasteiger partial charge in [0, 0.05) is 29.9 Å². The molecule has 3 aromatic rings. The molecule has 1 heterocycles. The molecule has 228 valence electrons. The van der Waals surface area contributed by atoms with E-state index in [0.29, 0.717) is 60.9 Å². The Morgan fingerprint density at radius 2 is 1.65 bits per heavy atom. The molecule has 7 nitrogen and oxygen atoms in total. The molecule has 8 heteroatoms. The Bertz CT molecular complexity index is 1430. The van der Waals surface area contributed by atoms with Crippen LogP contribution < -0.4 is 9.64 Å². The molecule has 2 aromatic carbocycles. The number of hydrogen-bond acceptors (Lipinski definition) is 5. The lowest BCUT2D eigenvalue weighted by molar-refractivity contribution is -0.147. The minimum Gasteiger partial charge on any atom is -0.495 e. The minimum atomic E-state index is -0.155. The molecule has 43 heavy (non-hydrogen) atoms. The average Bonchev–Trinajstić information content (AvgIpc) is 3.79. The molecule has 3 aliphatic carbocycles. The van der Waals surface area contributed by atoms with Gasteiger partial charge in [-0.1, -0.05) is 29.8 Å². The van der Waals surface area contributed by atoms with E-state index < -0.39 is 0 Å². The minimum absolute atomic E-state index is 0.0834. The van der Waals surface area contributed by atoms with Gasteiger partial charge in [0.15, 0.2) is 0 Å². The van der Waals surface area contributed by atoms with E-state index in [9.17, 15) is 9.59 Å². The van der Waals surface area contributed by atoms with Gasteiger partial charge in [-0.15, -0.1) is 0 Å². The third-order valence-electron chi connectivity index (χ3n) is 9.83. The van der Waals surface area contributed by atoms with Crippen LogP contribution in [0.15, 0.2) is 54.9 Å². The lowest BCUT2D eigenvalue weighted by Crippen LogP contribution is -2.42. The van der Waals surface area contributed by atoms with E-state index in [4.69, 9.17) is 21.1 Å². The highest BCUT2D eigenvalue weighted by Gasteiger charge is 2.35. The number of esters is 1. The number of halogens is 1. The quantitative estimate of drug-likeness (QED) is 0.233. The summed E-state index contributed by atoms with van der Waals surface area (Å²) in [4.78, 5) is 28.4. The van der Waals surface area contributed by atoms with Crippen molar-refractivity contribution in [2.75, 3.05) is 25.7 Å². The van der Waals surface area contributed by atoms with Gasteiger partial charge < -0.3 is 14.4 Å². The zero-order valence-corrected chi connectivity index (χ0v) is 26.0. The van der Waals surface area contributed by atoms with Crippen molar-refractivity contribution in [1.82, 2.24) is 9.78 Å². The van der Waals surface area contributed by atoms with Crippen molar-refractivity contribution in [1.29, 1.82) is 0 Å². The first kappa shape index (κ1) is 29.7. The summed E-state index contributed by atoms with van der Waals surface area (Å²) < 4.78 is 12.4. The number of rotatable bonds is 9. The van der Waals surface area contributed by atoms with Gasteiger partial charge in [0.05, 0.1) is 37.4 Å². The summed E-state index contributed by atoms with van der Waals surface area (Å²) in [5.41, 5.74) is 4.37. The van der Waals surface area contributed by atoms with Gasteiger partial charge in [0.2, 0.25) is 5.91 Å². The van der Waals surface area contributed by atoms with Crippen LogP contribution in [0.5, 0.6) is 5.75 Å². The molecule has 0 bridgehead atoms. The van der Waals surface area contributed by atoms with Crippen molar-refractivity contribution >= 4 is 29.2 Å². The van der Waals surface area contributed by atoms with Crippen molar-refractivity contribution in [3.05, 3.63) is 65.4 Å². The Labute approximate surface area is 259 Å². The van der Waals surface area contributed by atoms with Crippen molar-refractivity contribution in [3.8, 4) is 16.9 Å². The second-order valence-corrected chi connectivity index (χ2v) is 13.0. The van der Waals surface area contributed by atoms with E-state index in [2.05, 4.69) is 46.3 Å². The van der Waals surface area contributed by atoms with E-state index in [1.807, 2.05) is 23.2 Å². The number of amides is 1. The van der Waals surface area contributed by atoms with E-state index in [1.54, 1.807) is 7.11 Å². The first-order valence-corrected chi connectivity index (χ1v) is 16.2. The van der Waals surface area contributed by atoms with Crippen LogP contribution in [-0.2, 0) is 14.3 Å². The third-order valence-corrected chi connectivity index (χ3v) is 10.1. The normalized spacial score (nSPS) is 23.9. The smallest absolute Gasteiger partial charge is 0.308 e. The molecule has 0 aliphatic heterocycles. The highest BCUT2D eigenvalue weighted by atomic mass is 35.5. The molecular formula is C35H42ClN3O4. The molecule has 0 atom stereocenters. The molecule has 0 N–H and O–H groups in total. The van der Waals surface area contributed by atoms with Crippen molar-refractivity contribution in [3.63, 3.8) is 0 Å². The number of nitrogens with zero attached hydrogens (tertiary/aromatic N) is 3. The number of anilines is 1. The van der Waals surface area contributed by atoms with Gasteiger partial charge in [-0.2, -0.15) is 5.10 Å². The molecule has 0 radical (unpaired) electrons. The standard InChI is InChI=1S/C35H42ClN3O4/c1-42-33-17-14-28(19-32(33)36)24-8-6-23(7-9-24)21-38(34(40)25-10-12-26(13-11-25)35(41)43-2)31-5-3-4-27(18-31)29-20-37-39(22-29)30-15-16-30/h3-5,14,17-20,22-26,30H,6-13,15-16,21H2,1-2H3/t23-,24-,25-,26-. The van der Waals surface area contributed by atoms with Crippen LogP contribution in [0.25, 0.3) is 11.1 Å². The number of benzene rings is 2. The molecule has 0 unspecified atom stereocenters. The van der Waals surface area contributed by atoms with Gasteiger partial charge >= 0.3 is 5.97 Å². The fourth-order valence-corrected chi connectivity index (χ4v) is 7.30. The number of carbonyl (C=O) groups is 2. The van der Waals surface area contributed by atoms with Gasteiger partial charge in [-0.05, 0) is 111 Å². The van der Waals surface area contributed by atoms with Gasteiger partial charge in [0.1, 0.15) is 5.75 Å². The topological polar surface area (TPSA) is 73.7 Å². The molecule has 3 saturated carbocycles. The maximum Gasteiger partial charge on any atom is 0.308 e. The van der Waals surface area contributed by atoms with Crippen LogP contribution in [0.4, 0.5) is 5.69 Å². The number of methoxy groups -OCH3 is 2. The predicted molar refractivity (Wildman–Crippen MR) is 168 cm³/mol. The first-order chi connectivity index (χ1) is 20.9. The Morgan fingerprint density at radius 3 is 2.33 bits per heavy atom. The van der Waals surface area contributed by atoms with Crippen LogP contribution >= 0.6 is 11.6 Å². The average molecular weight is 604 g/mol. The van der Waals surface area contributed by atoms with Gasteiger partial charge in [-0.25, -0.2) is 0 Å². The fourth-order valence-electron chi connectivity index (χ4n) is 7.04. The zero-order chi connectivity index (χ0) is 29.9. The summed E-state index contributed by atoms with van der Waals surface area (Å²) in [7, 11) is 3.08. The van der Waals surface area contributed by atoms with E-state index in [0.717, 1.165) is 42.5 Å². The molecule has 1 aromatic heterocycles. The number of hydrogen-bond donors (Lipinski definition) is 0. The summed E-state index contributed by atoms with van der Waals surface area (Å²) in [6.45, 7) is 0.705. The third kappa shape index (κ3) is 6.77. The number of carbonyl (C=O) groups excluding carboxylic acids is 2. The molecule has 0 spiro atoms. The molecule has 3 fully saturated rings. The monoisotopic (exact) mass is 603 g/mol. The van der Waals surface area contributed by atoms with Crippen LogP contribution in [-0.4, -0.2) is 42.4 Å². The van der Waals surface area contributed by atoms with E-state index in [-0.39, 0.29) is 23.7 Å². The summed E-state index contributed by atoms with van der Waals surface area (Å²) >= 11 is 6.43. The Hall–Kier alpha value is -3.32. The second kappa shape index (κ2) is 13.1. The maximum atomic E-state index is 14.2. The van der Waals surface area contributed by atoms with Crippen molar-refractivity contribution in [2.24, 2.45) is 17.8 Å². The molecule has 1 amide bonds. The number of ether oxygens (including phenoxy) is 2. The highest BCUT2D eigenvalue weighted by Crippen LogP contribution is 2.40. The fraction of sp³-hybridized carbons (Fsp3) is 0.514. The van der Waals surface area contributed by atoms with Crippen LogP contribution in [0.1, 0.15) is 81.7 Å². The summed E-state index contributed by atoms with van der Waals surface area (Å²) in [6, 6.07) is 15.0. The largest absolute Gasteiger partial charge is 0.495 e. The molecule has 0 saturated heterocycles. The Kier molecular flexibility index (Phi) is 9.08. The zero-order valence-electron chi connectivity index (χ0n) is 25.2. The first-order valence-electron chi connectivity index (χ1n) is 15.8. The predicted octanol–water partition coefficient (Wildman–Crippen LogP) is 7.83. The van der Waals surface area contributed by atoms with Crippen LogP contribution in [0.3, 0.4) is 0 Å². The highest BCUT2D eigenvalue weighted by molar-refractivity contribution is 6.32. The van der Waals surface area contributed by atoms with E-state index in [1.165, 1.54) is 25.5 Å². The van der Waals surface area contributed by atoms with Gasteiger partial charge in [0.25, 0.3) is 0 Å². The SMILES string of the molecule is COc1ccc([C@H]2CC[C@H](CN(c3cccc(-c4cnn(C5CC5)c4)c3)C(=O)[C@H]3CC[C@H](C(=O)OC)CC3)CC2)cc1Cl. The maximum absolute atomic E-state index is 14.2. The lowest BCUT2D eigenvalue weighted by Gasteiger charge is -2.36. The van der Waals surface area contributed by atoms with Crippen LogP contribution in [0, 0.1) is 17.8 Å². The van der Waals surface area contributed by atoms with Crippen molar-refractivity contribution in [2.45, 2.75) is 76.2 Å². The second-order valence-electron chi connectivity index (χ2n) is 12.6. The van der Waals surface area contributed by atoms with Gasteiger partial charge in [-0.3, -0.25) is 14.3 Å². The lowest BCUT2D eigenvalue weighted by atomic mass is 9.78. The summed E-state index contributed by atoms with van der Waals surface area (Å²) in [5.74, 6) is 1.42. The Morgan fingerprint density at radius 1 is 0.907 bits per heavy atom. The summed E-state index contributed by atoms with van der Waals surface area (Å²) in [5, 5.41) is 5.25. The van der Waals surface area contributed by atoms with Crippen LogP contribution in [0.2, 0.25) is 5.02 Å². The van der Waals surface area contributed by atoms with E-state index >= 15 is 0 Å². The Balaban J connectivity index is 1.19. The molecular weight excluding hydrogens is 562 g/mol. The summed E-state index contributed by atoms with van der Waals surface area (Å²) in [6.07, 6.45) is 13.5.